The quantitative estimate of drug-likeness (QED) is 0.670. The highest BCUT2D eigenvalue weighted by atomic mass is 16.5. The van der Waals surface area contributed by atoms with Gasteiger partial charge >= 0.3 is 0 Å². The van der Waals surface area contributed by atoms with Gasteiger partial charge in [0.25, 0.3) is 0 Å². The average Bonchev–Trinajstić information content (AvgIpc) is 2.25. The molecule has 2 nitrogen and oxygen atoms in total. The summed E-state index contributed by atoms with van der Waals surface area (Å²) in [5, 5.41) is 3.41. The Balaban J connectivity index is 1.99. The second kappa shape index (κ2) is 7.54. The van der Waals surface area contributed by atoms with Crippen molar-refractivity contribution in [3.63, 3.8) is 0 Å². The number of unbranched alkanes of at least 4 members (excludes halogenated alkanes) is 1. The van der Waals surface area contributed by atoms with Crippen molar-refractivity contribution in [3.8, 4) is 0 Å². The molecule has 0 saturated carbocycles. The van der Waals surface area contributed by atoms with Gasteiger partial charge in [-0.1, -0.05) is 30.3 Å². The van der Waals surface area contributed by atoms with Crippen LogP contribution in [0.5, 0.6) is 0 Å². The van der Waals surface area contributed by atoms with E-state index in [1.807, 2.05) is 6.07 Å². The molecule has 0 fully saturated rings. The number of hydrogen-bond acceptors (Lipinski definition) is 2. The average molecular weight is 193 g/mol. The second-order valence-corrected chi connectivity index (χ2v) is 3.36. The summed E-state index contributed by atoms with van der Waals surface area (Å²) in [7, 11) is 1.75. The standard InChI is InChI=1S/C12H19NO/c1-14-10-6-5-9-13-11-12-7-3-2-4-8-12/h2-4,7-8,13H,5-6,9-11H2,1H3. The minimum absolute atomic E-state index is 0.868. The van der Waals surface area contributed by atoms with E-state index >= 15 is 0 Å². The maximum absolute atomic E-state index is 4.98. The summed E-state index contributed by atoms with van der Waals surface area (Å²) in [6, 6.07) is 10.5. The number of benzene rings is 1. The fourth-order valence-electron chi connectivity index (χ4n) is 1.32. The number of hydrogen-bond donors (Lipinski definition) is 1. The van der Waals surface area contributed by atoms with Gasteiger partial charge in [-0.15, -0.1) is 0 Å². The SMILES string of the molecule is COCCCCNCc1ccccc1. The zero-order valence-corrected chi connectivity index (χ0v) is 8.83. The van der Waals surface area contributed by atoms with Crippen LogP contribution in [-0.4, -0.2) is 20.3 Å². The van der Waals surface area contributed by atoms with E-state index < -0.39 is 0 Å². The van der Waals surface area contributed by atoms with E-state index in [0.717, 1.165) is 26.1 Å². The molecule has 0 spiro atoms. The van der Waals surface area contributed by atoms with Gasteiger partial charge in [0.05, 0.1) is 0 Å². The predicted molar refractivity (Wildman–Crippen MR) is 59.3 cm³/mol. The first-order valence-electron chi connectivity index (χ1n) is 5.17. The fraction of sp³-hybridized carbons (Fsp3) is 0.500. The van der Waals surface area contributed by atoms with Crippen molar-refractivity contribution in [3.05, 3.63) is 35.9 Å². The molecule has 0 aliphatic heterocycles. The Kier molecular flexibility index (Phi) is 6.04. The van der Waals surface area contributed by atoms with Gasteiger partial charge in [0.1, 0.15) is 0 Å². The molecular weight excluding hydrogens is 174 g/mol. The van der Waals surface area contributed by atoms with Crippen molar-refractivity contribution >= 4 is 0 Å². The Hall–Kier alpha value is -0.860. The highest BCUT2D eigenvalue weighted by Crippen LogP contribution is 1.97. The topological polar surface area (TPSA) is 21.3 Å². The Morgan fingerprint density at radius 3 is 2.64 bits per heavy atom. The molecule has 0 aliphatic carbocycles. The van der Waals surface area contributed by atoms with Crippen molar-refractivity contribution in [1.29, 1.82) is 0 Å². The summed E-state index contributed by atoms with van der Waals surface area (Å²) in [4.78, 5) is 0. The number of methoxy groups -OCH3 is 1. The van der Waals surface area contributed by atoms with E-state index in [9.17, 15) is 0 Å². The highest BCUT2D eigenvalue weighted by Gasteiger charge is 1.90. The third-order valence-corrected chi connectivity index (χ3v) is 2.12. The zero-order valence-electron chi connectivity index (χ0n) is 8.83. The molecule has 0 aromatic heterocycles. The summed E-state index contributed by atoms with van der Waals surface area (Å²) in [5.74, 6) is 0. The minimum atomic E-state index is 0.868. The Labute approximate surface area is 86.3 Å². The van der Waals surface area contributed by atoms with E-state index in [2.05, 4.69) is 29.6 Å². The highest BCUT2D eigenvalue weighted by molar-refractivity contribution is 5.14. The van der Waals surface area contributed by atoms with E-state index in [1.165, 1.54) is 12.0 Å². The van der Waals surface area contributed by atoms with Crippen LogP contribution in [0.25, 0.3) is 0 Å². The van der Waals surface area contributed by atoms with Crippen LogP contribution in [0.3, 0.4) is 0 Å². The molecule has 0 radical (unpaired) electrons. The third-order valence-electron chi connectivity index (χ3n) is 2.12. The molecule has 14 heavy (non-hydrogen) atoms. The molecule has 1 rings (SSSR count). The molecule has 1 aromatic rings. The Bertz CT molecular complexity index is 223. The van der Waals surface area contributed by atoms with Crippen LogP contribution in [0, 0.1) is 0 Å². The van der Waals surface area contributed by atoms with Gasteiger partial charge in [-0.3, -0.25) is 0 Å². The van der Waals surface area contributed by atoms with Crippen molar-refractivity contribution in [2.24, 2.45) is 0 Å². The normalized spacial score (nSPS) is 10.4. The lowest BCUT2D eigenvalue weighted by Gasteiger charge is -2.04. The van der Waals surface area contributed by atoms with Gasteiger partial charge in [0.2, 0.25) is 0 Å². The second-order valence-electron chi connectivity index (χ2n) is 3.36. The van der Waals surface area contributed by atoms with Crippen LogP contribution in [0.4, 0.5) is 0 Å². The summed E-state index contributed by atoms with van der Waals surface area (Å²) < 4.78 is 4.98. The molecule has 0 unspecified atom stereocenters. The van der Waals surface area contributed by atoms with E-state index in [1.54, 1.807) is 7.11 Å². The number of rotatable bonds is 7. The molecule has 0 heterocycles. The Morgan fingerprint density at radius 1 is 1.14 bits per heavy atom. The molecule has 1 aromatic carbocycles. The van der Waals surface area contributed by atoms with Crippen molar-refractivity contribution in [2.75, 3.05) is 20.3 Å². The van der Waals surface area contributed by atoms with Gasteiger partial charge in [-0.25, -0.2) is 0 Å². The van der Waals surface area contributed by atoms with Crippen LogP contribution in [0.1, 0.15) is 18.4 Å². The van der Waals surface area contributed by atoms with E-state index in [-0.39, 0.29) is 0 Å². The molecule has 0 amide bonds. The number of ether oxygens (including phenoxy) is 1. The summed E-state index contributed by atoms with van der Waals surface area (Å²) in [6.07, 6.45) is 2.32. The lowest BCUT2D eigenvalue weighted by atomic mass is 10.2. The first-order valence-corrected chi connectivity index (χ1v) is 5.17. The monoisotopic (exact) mass is 193 g/mol. The first kappa shape index (κ1) is 11.2. The molecule has 0 saturated heterocycles. The van der Waals surface area contributed by atoms with Crippen molar-refractivity contribution in [1.82, 2.24) is 5.32 Å². The lowest BCUT2D eigenvalue weighted by molar-refractivity contribution is 0.192. The van der Waals surface area contributed by atoms with Gasteiger partial charge in [0, 0.05) is 20.3 Å². The molecular formula is C12H19NO. The number of nitrogens with one attached hydrogen (secondary N) is 1. The van der Waals surface area contributed by atoms with Crippen LogP contribution in [0.2, 0.25) is 0 Å². The van der Waals surface area contributed by atoms with Crippen LogP contribution < -0.4 is 5.32 Å². The van der Waals surface area contributed by atoms with Gasteiger partial charge in [-0.2, -0.15) is 0 Å². The van der Waals surface area contributed by atoms with Crippen LogP contribution in [0.15, 0.2) is 30.3 Å². The van der Waals surface area contributed by atoms with Gasteiger partial charge < -0.3 is 10.1 Å². The third kappa shape index (κ3) is 5.00. The van der Waals surface area contributed by atoms with E-state index in [4.69, 9.17) is 4.74 Å². The van der Waals surface area contributed by atoms with Crippen LogP contribution in [-0.2, 0) is 11.3 Å². The van der Waals surface area contributed by atoms with Crippen molar-refractivity contribution in [2.45, 2.75) is 19.4 Å². The molecule has 0 aliphatic rings. The molecule has 2 heteroatoms. The largest absolute Gasteiger partial charge is 0.385 e. The summed E-state index contributed by atoms with van der Waals surface area (Å²) in [5.41, 5.74) is 1.35. The maximum atomic E-state index is 4.98. The lowest BCUT2D eigenvalue weighted by Crippen LogP contribution is -2.14. The molecule has 1 N–H and O–H groups in total. The smallest absolute Gasteiger partial charge is 0.0462 e. The minimum Gasteiger partial charge on any atom is -0.385 e. The molecule has 78 valence electrons. The van der Waals surface area contributed by atoms with Crippen molar-refractivity contribution < 1.29 is 4.74 Å². The fourth-order valence-corrected chi connectivity index (χ4v) is 1.32. The van der Waals surface area contributed by atoms with Crippen LogP contribution >= 0.6 is 0 Å². The predicted octanol–water partition coefficient (Wildman–Crippen LogP) is 2.20. The summed E-state index contributed by atoms with van der Waals surface area (Å²) >= 11 is 0. The summed E-state index contributed by atoms with van der Waals surface area (Å²) in [6.45, 7) is 2.90. The van der Waals surface area contributed by atoms with Gasteiger partial charge in [0.15, 0.2) is 0 Å². The Morgan fingerprint density at radius 2 is 1.93 bits per heavy atom. The maximum Gasteiger partial charge on any atom is 0.0462 e. The van der Waals surface area contributed by atoms with Gasteiger partial charge in [-0.05, 0) is 24.9 Å². The zero-order chi connectivity index (χ0) is 10.1. The first-order chi connectivity index (χ1) is 6.93. The molecule has 0 atom stereocenters. The van der Waals surface area contributed by atoms with E-state index in [0.29, 0.717) is 0 Å². The molecule has 0 bridgehead atoms.